The molecule has 0 saturated heterocycles. The van der Waals surface area contributed by atoms with Crippen molar-refractivity contribution < 1.29 is 13.2 Å². The summed E-state index contributed by atoms with van der Waals surface area (Å²) in [7, 11) is -3.74. The van der Waals surface area contributed by atoms with Crippen molar-refractivity contribution in [1.29, 1.82) is 0 Å². The third kappa shape index (κ3) is 4.78. The van der Waals surface area contributed by atoms with Crippen molar-refractivity contribution in [2.45, 2.75) is 30.7 Å². The average molecular weight is 442 g/mol. The maximum atomic E-state index is 12.4. The van der Waals surface area contributed by atoms with E-state index >= 15 is 0 Å². The number of primary sulfonamides is 1. The van der Waals surface area contributed by atoms with Gasteiger partial charge in [-0.25, -0.2) is 13.6 Å². The molecule has 0 aromatic heterocycles. The van der Waals surface area contributed by atoms with Crippen molar-refractivity contribution in [3.05, 3.63) is 57.6 Å². The number of halogens is 2. The molecule has 1 heterocycles. The van der Waals surface area contributed by atoms with E-state index in [2.05, 4.69) is 5.32 Å². The summed E-state index contributed by atoms with van der Waals surface area (Å²) in [5.74, 6) is -0.111. The van der Waals surface area contributed by atoms with Crippen molar-refractivity contribution in [1.82, 2.24) is 5.32 Å². The molecule has 0 aliphatic carbocycles. The molecule has 3 rings (SSSR count). The van der Waals surface area contributed by atoms with E-state index in [9.17, 15) is 13.2 Å². The van der Waals surface area contributed by atoms with Gasteiger partial charge in [-0.2, -0.15) is 0 Å². The highest BCUT2D eigenvalue weighted by atomic mass is 35.5. The Balaban J connectivity index is 1.60. The van der Waals surface area contributed by atoms with Crippen LogP contribution in [0.15, 0.2) is 41.3 Å². The largest absolute Gasteiger partial charge is 0.359 e. The number of nitrogens with two attached hydrogens (primary N) is 1. The Bertz CT molecular complexity index is 1010. The lowest BCUT2D eigenvalue weighted by Crippen LogP contribution is -2.40. The number of sulfonamides is 1. The van der Waals surface area contributed by atoms with Gasteiger partial charge in [0.2, 0.25) is 15.9 Å². The van der Waals surface area contributed by atoms with Gasteiger partial charge >= 0.3 is 0 Å². The van der Waals surface area contributed by atoms with E-state index in [-0.39, 0.29) is 23.4 Å². The lowest BCUT2D eigenvalue weighted by Gasteiger charge is -2.24. The van der Waals surface area contributed by atoms with Crippen LogP contribution in [-0.4, -0.2) is 33.5 Å². The van der Waals surface area contributed by atoms with Crippen LogP contribution in [-0.2, 0) is 27.7 Å². The van der Waals surface area contributed by atoms with Crippen LogP contribution in [0.25, 0.3) is 0 Å². The molecule has 6 nitrogen and oxygen atoms in total. The van der Waals surface area contributed by atoms with Crippen LogP contribution in [0.5, 0.6) is 0 Å². The first-order valence-electron chi connectivity index (χ1n) is 8.78. The van der Waals surface area contributed by atoms with Gasteiger partial charge in [0.15, 0.2) is 0 Å². The molecule has 0 radical (unpaired) electrons. The second-order valence-corrected chi connectivity index (χ2v) is 9.26. The minimum absolute atomic E-state index is 0.0854. The second kappa shape index (κ2) is 8.29. The third-order valence-corrected chi connectivity index (χ3v) is 6.28. The quantitative estimate of drug-likeness (QED) is 0.720. The maximum Gasteiger partial charge on any atom is 0.239 e. The highest BCUT2D eigenvalue weighted by molar-refractivity contribution is 7.89. The zero-order chi connectivity index (χ0) is 20.5. The Morgan fingerprint density at radius 3 is 2.68 bits per heavy atom. The number of anilines is 1. The van der Waals surface area contributed by atoms with E-state index in [0.717, 1.165) is 16.8 Å². The molecule has 0 spiro atoms. The average Bonchev–Trinajstić information content (AvgIpc) is 2.91. The van der Waals surface area contributed by atoms with Crippen LogP contribution in [0, 0.1) is 0 Å². The van der Waals surface area contributed by atoms with E-state index in [1.165, 1.54) is 6.07 Å². The summed E-state index contributed by atoms with van der Waals surface area (Å²) in [6, 6.07) is 10.1. The SMILES string of the molecule is CC1Cc2cc(S(N)(=O)=O)ccc2N1CC(=O)NCCc1ccc(Cl)cc1Cl. The highest BCUT2D eigenvalue weighted by Crippen LogP contribution is 2.33. The molecule has 0 bridgehead atoms. The molecule has 0 fully saturated rings. The third-order valence-electron chi connectivity index (χ3n) is 4.78. The van der Waals surface area contributed by atoms with E-state index < -0.39 is 10.0 Å². The predicted molar refractivity (Wildman–Crippen MR) is 112 cm³/mol. The molecule has 3 N–H and O–H groups in total. The Hall–Kier alpha value is -1.80. The van der Waals surface area contributed by atoms with Gasteiger partial charge in [-0.15, -0.1) is 0 Å². The molecule has 1 amide bonds. The van der Waals surface area contributed by atoms with E-state index in [1.807, 2.05) is 17.9 Å². The number of carbonyl (C=O) groups excluding carboxylic acids is 1. The Kier molecular flexibility index (Phi) is 6.19. The van der Waals surface area contributed by atoms with Crippen molar-refractivity contribution in [2.75, 3.05) is 18.0 Å². The molecule has 0 saturated carbocycles. The van der Waals surface area contributed by atoms with Gasteiger partial charge < -0.3 is 10.2 Å². The second-order valence-electron chi connectivity index (χ2n) is 6.85. The fourth-order valence-electron chi connectivity index (χ4n) is 3.36. The van der Waals surface area contributed by atoms with Crippen LogP contribution in [0.4, 0.5) is 5.69 Å². The fourth-order valence-corrected chi connectivity index (χ4v) is 4.43. The zero-order valence-corrected chi connectivity index (χ0v) is 17.6. The monoisotopic (exact) mass is 441 g/mol. The molecule has 9 heteroatoms. The van der Waals surface area contributed by atoms with Crippen LogP contribution in [0.3, 0.4) is 0 Å². The lowest BCUT2D eigenvalue weighted by molar-refractivity contribution is -0.119. The molecule has 2 aromatic rings. The van der Waals surface area contributed by atoms with Gasteiger partial charge in [-0.05, 0) is 61.2 Å². The van der Waals surface area contributed by atoms with Crippen LogP contribution >= 0.6 is 23.2 Å². The molecule has 1 atom stereocenters. The molecule has 1 aliphatic heterocycles. The number of benzene rings is 2. The van der Waals surface area contributed by atoms with E-state index in [1.54, 1.807) is 24.3 Å². The normalized spacial score (nSPS) is 16.1. The van der Waals surface area contributed by atoms with Gasteiger partial charge in [0.25, 0.3) is 0 Å². The van der Waals surface area contributed by atoms with Gasteiger partial charge in [-0.3, -0.25) is 4.79 Å². The van der Waals surface area contributed by atoms with Gasteiger partial charge in [0, 0.05) is 28.3 Å². The Morgan fingerprint density at radius 1 is 1.25 bits per heavy atom. The van der Waals surface area contributed by atoms with Gasteiger partial charge in [0.05, 0.1) is 11.4 Å². The highest BCUT2D eigenvalue weighted by Gasteiger charge is 2.28. The number of nitrogens with zero attached hydrogens (tertiary/aromatic N) is 1. The molecule has 2 aromatic carbocycles. The molecule has 1 unspecified atom stereocenters. The van der Waals surface area contributed by atoms with Crippen molar-refractivity contribution >= 4 is 44.8 Å². The lowest BCUT2D eigenvalue weighted by atomic mass is 10.1. The molecule has 28 heavy (non-hydrogen) atoms. The number of hydrogen-bond donors (Lipinski definition) is 2. The fraction of sp³-hybridized carbons (Fsp3) is 0.316. The number of hydrogen-bond acceptors (Lipinski definition) is 4. The standard InChI is InChI=1S/C19H21Cl2N3O3S/c1-12-8-14-9-16(28(22,26)27)4-5-18(14)24(12)11-19(25)23-7-6-13-2-3-15(20)10-17(13)21/h2-5,9-10,12H,6-8,11H2,1H3,(H,23,25)(H2,22,26,27). The Labute approximate surface area is 174 Å². The summed E-state index contributed by atoms with van der Waals surface area (Å²) in [6.45, 7) is 2.65. The molecule has 150 valence electrons. The topological polar surface area (TPSA) is 92.5 Å². The maximum absolute atomic E-state index is 12.4. The minimum Gasteiger partial charge on any atom is -0.359 e. The number of fused-ring (bicyclic) bond motifs is 1. The summed E-state index contributed by atoms with van der Waals surface area (Å²) in [5, 5.41) is 9.25. The molecular weight excluding hydrogens is 421 g/mol. The first-order valence-corrected chi connectivity index (χ1v) is 11.1. The predicted octanol–water partition coefficient (Wildman–Crippen LogP) is 2.75. The first-order chi connectivity index (χ1) is 13.1. The van der Waals surface area contributed by atoms with Crippen molar-refractivity contribution in [3.8, 4) is 0 Å². The molecule has 1 aliphatic rings. The van der Waals surface area contributed by atoms with Crippen LogP contribution in [0.2, 0.25) is 10.0 Å². The van der Waals surface area contributed by atoms with E-state index in [4.69, 9.17) is 28.3 Å². The summed E-state index contributed by atoms with van der Waals surface area (Å²) in [4.78, 5) is 14.4. The van der Waals surface area contributed by atoms with Gasteiger partial charge in [0.1, 0.15) is 0 Å². The zero-order valence-electron chi connectivity index (χ0n) is 15.3. The number of rotatable bonds is 6. The molecular formula is C19H21Cl2N3O3S. The van der Waals surface area contributed by atoms with Crippen LogP contribution < -0.4 is 15.4 Å². The summed E-state index contributed by atoms with van der Waals surface area (Å²) < 4.78 is 23.1. The summed E-state index contributed by atoms with van der Waals surface area (Å²) in [6.07, 6.45) is 1.26. The Morgan fingerprint density at radius 2 is 2.00 bits per heavy atom. The number of nitrogens with one attached hydrogen (secondary N) is 1. The summed E-state index contributed by atoms with van der Waals surface area (Å²) in [5.41, 5.74) is 2.65. The van der Waals surface area contributed by atoms with E-state index in [0.29, 0.717) is 29.4 Å². The summed E-state index contributed by atoms with van der Waals surface area (Å²) >= 11 is 12.0. The van der Waals surface area contributed by atoms with Crippen molar-refractivity contribution in [3.63, 3.8) is 0 Å². The smallest absolute Gasteiger partial charge is 0.239 e. The number of carbonyl (C=O) groups is 1. The minimum atomic E-state index is -3.74. The number of amides is 1. The van der Waals surface area contributed by atoms with Crippen molar-refractivity contribution in [2.24, 2.45) is 5.14 Å². The first kappa shape index (κ1) is 20.9. The van der Waals surface area contributed by atoms with Gasteiger partial charge in [-0.1, -0.05) is 29.3 Å². The van der Waals surface area contributed by atoms with Crippen LogP contribution in [0.1, 0.15) is 18.1 Å².